The van der Waals surface area contributed by atoms with Crippen LogP contribution in [0.2, 0.25) is 0 Å². The van der Waals surface area contributed by atoms with Crippen LogP contribution in [-0.2, 0) is 6.18 Å². The Labute approximate surface area is 111 Å². The van der Waals surface area contributed by atoms with Crippen molar-refractivity contribution in [3.05, 3.63) is 23.8 Å². The molecule has 0 bridgehead atoms. The smallest absolute Gasteiger partial charge is 0.418 e. The second-order valence-corrected chi connectivity index (χ2v) is 5.17. The van der Waals surface area contributed by atoms with E-state index in [1.807, 2.05) is 0 Å². The van der Waals surface area contributed by atoms with Gasteiger partial charge in [-0.15, -0.1) is 0 Å². The van der Waals surface area contributed by atoms with E-state index in [4.69, 9.17) is 4.74 Å². The minimum absolute atomic E-state index is 0.129. The van der Waals surface area contributed by atoms with Crippen LogP contribution < -0.4 is 10.1 Å². The van der Waals surface area contributed by atoms with E-state index in [-0.39, 0.29) is 17.5 Å². The zero-order valence-corrected chi connectivity index (χ0v) is 11.1. The molecular formula is C14H18F3NO. The van der Waals surface area contributed by atoms with Crippen LogP contribution in [0, 0.1) is 5.92 Å². The van der Waals surface area contributed by atoms with Crippen molar-refractivity contribution >= 4 is 5.69 Å². The van der Waals surface area contributed by atoms with E-state index in [2.05, 4.69) is 12.2 Å². The number of methoxy groups -OCH3 is 1. The highest BCUT2D eigenvalue weighted by Gasteiger charge is 2.35. The Kier molecular flexibility index (Phi) is 3.92. The van der Waals surface area contributed by atoms with E-state index in [0.717, 1.165) is 25.3 Å². The standard InChI is InChI=1S/C14H18F3NO/c1-9-3-4-10(7-9)18-13-6-5-11(19-2)8-12(13)14(15,16)17/h5-6,8-10,18H,3-4,7H2,1-2H3. The molecule has 0 spiro atoms. The highest BCUT2D eigenvalue weighted by molar-refractivity contribution is 5.56. The van der Waals surface area contributed by atoms with Crippen LogP contribution in [-0.4, -0.2) is 13.2 Å². The van der Waals surface area contributed by atoms with E-state index in [1.165, 1.54) is 13.2 Å². The minimum atomic E-state index is -4.37. The highest BCUT2D eigenvalue weighted by atomic mass is 19.4. The van der Waals surface area contributed by atoms with Crippen molar-refractivity contribution in [1.29, 1.82) is 0 Å². The van der Waals surface area contributed by atoms with E-state index in [9.17, 15) is 13.2 Å². The van der Waals surface area contributed by atoms with E-state index >= 15 is 0 Å². The Balaban J connectivity index is 2.24. The summed E-state index contributed by atoms with van der Waals surface area (Å²) in [6.45, 7) is 2.13. The first-order chi connectivity index (χ1) is 8.90. The van der Waals surface area contributed by atoms with Gasteiger partial charge in [-0.3, -0.25) is 0 Å². The van der Waals surface area contributed by atoms with Crippen molar-refractivity contribution in [3.8, 4) is 5.75 Å². The summed E-state index contributed by atoms with van der Waals surface area (Å²) in [6.07, 6.45) is -1.47. The SMILES string of the molecule is COc1ccc(NC2CCC(C)C2)c(C(F)(F)F)c1. The fourth-order valence-electron chi connectivity index (χ4n) is 2.57. The molecule has 2 unspecified atom stereocenters. The van der Waals surface area contributed by atoms with Crippen LogP contribution in [0.25, 0.3) is 0 Å². The maximum Gasteiger partial charge on any atom is 0.418 e. The second kappa shape index (κ2) is 5.31. The molecule has 1 N–H and O–H groups in total. The van der Waals surface area contributed by atoms with Gasteiger partial charge < -0.3 is 10.1 Å². The maximum absolute atomic E-state index is 13.0. The molecule has 1 fully saturated rings. The normalized spacial score (nSPS) is 23.4. The van der Waals surface area contributed by atoms with E-state index in [0.29, 0.717) is 5.92 Å². The van der Waals surface area contributed by atoms with Crippen LogP contribution >= 0.6 is 0 Å². The van der Waals surface area contributed by atoms with Gasteiger partial charge in [0.1, 0.15) is 5.75 Å². The zero-order chi connectivity index (χ0) is 14.0. The van der Waals surface area contributed by atoms with Gasteiger partial charge in [0.15, 0.2) is 0 Å². The summed E-state index contributed by atoms with van der Waals surface area (Å²) < 4.78 is 43.9. The first kappa shape index (κ1) is 14.0. The van der Waals surface area contributed by atoms with E-state index in [1.54, 1.807) is 6.07 Å². The molecule has 5 heteroatoms. The number of halogens is 3. The van der Waals surface area contributed by atoms with Crippen molar-refractivity contribution in [2.45, 2.75) is 38.4 Å². The Bertz CT molecular complexity index is 445. The first-order valence-corrected chi connectivity index (χ1v) is 6.42. The van der Waals surface area contributed by atoms with Gasteiger partial charge in [0.05, 0.1) is 12.7 Å². The van der Waals surface area contributed by atoms with Gasteiger partial charge in [0.25, 0.3) is 0 Å². The molecule has 19 heavy (non-hydrogen) atoms. The summed E-state index contributed by atoms with van der Waals surface area (Å²) in [4.78, 5) is 0. The molecule has 2 rings (SSSR count). The molecule has 1 aliphatic carbocycles. The highest BCUT2D eigenvalue weighted by Crippen LogP contribution is 2.38. The van der Waals surface area contributed by atoms with Crippen LogP contribution in [0.3, 0.4) is 0 Å². The van der Waals surface area contributed by atoms with Gasteiger partial charge in [0.2, 0.25) is 0 Å². The van der Waals surface area contributed by atoms with Crippen molar-refractivity contribution < 1.29 is 17.9 Å². The van der Waals surface area contributed by atoms with Crippen molar-refractivity contribution in [3.63, 3.8) is 0 Å². The summed E-state index contributed by atoms with van der Waals surface area (Å²) in [5, 5.41) is 3.02. The van der Waals surface area contributed by atoms with Gasteiger partial charge in [-0.25, -0.2) is 0 Å². The minimum Gasteiger partial charge on any atom is -0.497 e. The lowest BCUT2D eigenvalue weighted by Crippen LogP contribution is -2.19. The van der Waals surface area contributed by atoms with Gasteiger partial charge in [-0.1, -0.05) is 6.92 Å². The molecule has 1 aliphatic rings. The molecule has 106 valence electrons. The molecule has 2 nitrogen and oxygen atoms in total. The molecular weight excluding hydrogens is 255 g/mol. The topological polar surface area (TPSA) is 21.3 Å². The number of nitrogens with one attached hydrogen (secondary N) is 1. The number of ether oxygens (including phenoxy) is 1. The third kappa shape index (κ3) is 3.33. The molecule has 1 aromatic carbocycles. The Morgan fingerprint density at radius 3 is 2.53 bits per heavy atom. The van der Waals surface area contributed by atoms with Crippen molar-refractivity contribution in [1.82, 2.24) is 0 Å². The number of benzene rings is 1. The lowest BCUT2D eigenvalue weighted by atomic mass is 10.1. The number of hydrogen-bond acceptors (Lipinski definition) is 2. The lowest BCUT2D eigenvalue weighted by Gasteiger charge is -2.19. The average Bonchev–Trinajstić information content (AvgIpc) is 2.74. The molecule has 0 radical (unpaired) electrons. The molecule has 0 amide bonds. The quantitative estimate of drug-likeness (QED) is 0.885. The van der Waals surface area contributed by atoms with Gasteiger partial charge in [0, 0.05) is 11.7 Å². The number of alkyl halides is 3. The summed E-state index contributed by atoms with van der Waals surface area (Å²) in [7, 11) is 1.36. The molecule has 0 saturated heterocycles. The fraction of sp³-hybridized carbons (Fsp3) is 0.571. The summed E-state index contributed by atoms with van der Waals surface area (Å²) >= 11 is 0. The molecule has 1 aromatic rings. The predicted molar refractivity (Wildman–Crippen MR) is 68.4 cm³/mol. The molecule has 0 aliphatic heterocycles. The van der Waals surface area contributed by atoms with Gasteiger partial charge >= 0.3 is 6.18 Å². The van der Waals surface area contributed by atoms with E-state index < -0.39 is 11.7 Å². The Morgan fingerprint density at radius 1 is 1.26 bits per heavy atom. The molecule has 0 aromatic heterocycles. The van der Waals surface area contributed by atoms with Crippen LogP contribution in [0.4, 0.5) is 18.9 Å². The molecule has 0 heterocycles. The number of hydrogen-bond donors (Lipinski definition) is 1. The van der Waals surface area contributed by atoms with Crippen molar-refractivity contribution in [2.24, 2.45) is 5.92 Å². The Morgan fingerprint density at radius 2 is 2.00 bits per heavy atom. The van der Waals surface area contributed by atoms with Crippen molar-refractivity contribution in [2.75, 3.05) is 12.4 Å². The first-order valence-electron chi connectivity index (χ1n) is 6.42. The van der Waals surface area contributed by atoms with Gasteiger partial charge in [-0.2, -0.15) is 13.2 Å². The number of rotatable bonds is 3. The van der Waals surface area contributed by atoms with Gasteiger partial charge in [-0.05, 0) is 43.4 Å². The lowest BCUT2D eigenvalue weighted by molar-refractivity contribution is -0.137. The average molecular weight is 273 g/mol. The fourth-order valence-corrected chi connectivity index (χ4v) is 2.57. The number of anilines is 1. The predicted octanol–water partition coefficient (Wildman–Crippen LogP) is 4.31. The third-order valence-electron chi connectivity index (χ3n) is 3.59. The summed E-state index contributed by atoms with van der Waals surface area (Å²) in [5.41, 5.74) is -0.515. The van der Waals surface area contributed by atoms with Crippen LogP contribution in [0.5, 0.6) is 5.75 Å². The molecule has 1 saturated carbocycles. The van der Waals surface area contributed by atoms with Crippen LogP contribution in [0.1, 0.15) is 31.7 Å². The third-order valence-corrected chi connectivity index (χ3v) is 3.59. The summed E-state index contributed by atoms with van der Waals surface area (Å²) in [6, 6.07) is 4.17. The second-order valence-electron chi connectivity index (χ2n) is 5.17. The zero-order valence-electron chi connectivity index (χ0n) is 11.1. The van der Waals surface area contributed by atoms with Crippen LogP contribution in [0.15, 0.2) is 18.2 Å². The largest absolute Gasteiger partial charge is 0.497 e. The summed E-state index contributed by atoms with van der Waals surface area (Å²) in [5.74, 6) is 0.794. The maximum atomic E-state index is 13.0. The monoisotopic (exact) mass is 273 g/mol. The Hall–Kier alpha value is -1.39. The molecule has 2 atom stereocenters.